The Morgan fingerprint density at radius 1 is 1.00 bits per heavy atom. The first kappa shape index (κ1) is 19.4. The van der Waals surface area contributed by atoms with Gasteiger partial charge in [0.25, 0.3) is 11.8 Å². The molecule has 0 fully saturated rings. The van der Waals surface area contributed by atoms with E-state index in [-0.39, 0.29) is 17.5 Å². The number of carbonyl (C=O) groups excluding carboxylic acids is 2. The maximum absolute atomic E-state index is 13.1. The van der Waals surface area contributed by atoms with Crippen molar-refractivity contribution in [2.24, 2.45) is 7.05 Å². The quantitative estimate of drug-likeness (QED) is 0.666. The number of nitrogens with one attached hydrogen (secondary N) is 1. The lowest BCUT2D eigenvalue weighted by atomic mass is 10.1. The van der Waals surface area contributed by atoms with Gasteiger partial charge in [-0.2, -0.15) is 0 Å². The molecule has 2 aromatic carbocycles. The van der Waals surface area contributed by atoms with Crippen LogP contribution in [-0.4, -0.2) is 34.4 Å². The van der Waals surface area contributed by atoms with Crippen LogP contribution in [0.5, 0.6) is 0 Å². The van der Waals surface area contributed by atoms with Crippen LogP contribution in [0.25, 0.3) is 17.0 Å². The Kier molecular flexibility index (Phi) is 5.94. The Bertz CT molecular complexity index is 1010. The van der Waals surface area contributed by atoms with E-state index in [4.69, 9.17) is 0 Å². The summed E-state index contributed by atoms with van der Waals surface area (Å²) in [7, 11) is 1.97. The van der Waals surface area contributed by atoms with Gasteiger partial charge in [0.15, 0.2) is 0 Å². The molecule has 144 valence electrons. The van der Waals surface area contributed by atoms with Crippen LogP contribution in [-0.2, 0) is 11.8 Å². The number of likely N-dealkylation sites (N-methyl/N-ethyl adjacent to an activating group) is 1. The SMILES string of the molecule is CCN(CC)C(=O)C(=Cc1cn(C)c2ccccc12)NC(=O)c1ccccc1. The normalized spacial score (nSPS) is 11.5. The molecule has 0 aliphatic heterocycles. The molecular weight excluding hydrogens is 350 g/mol. The number of benzene rings is 2. The van der Waals surface area contributed by atoms with Crippen LogP contribution in [0.4, 0.5) is 0 Å². The van der Waals surface area contributed by atoms with Gasteiger partial charge >= 0.3 is 0 Å². The van der Waals surface area contributed by atoms with Crippen molar-refractivity contribution in [3.8, 4) is 0 Å². The molecule has 0 spiro atoms. The molecule has 0 bridgehead atoms. The number of amides is 2. The van der Waals surface area contributed by atoms with Crippen molar-refractivity contribution in [2.75, 3.05) is 13.1 Å². The predicted octanol–water partition coefficient (Wildman–Crippen LogP) is 3.82. The van der Waals surface area contributed by atoms with Gasteiger partial charge in [-0.3, -0.25) is 9.59 Å². The fourth-order valence-electron chi connectivity index (χ4n) is 3.26. The standard InChI is InChI=1S/C23H25N3O2/c1-4-26(5-2)23(28)20(24-22(27)17-11-7-6-8-12-17)15-18-16-25(3)21-14-10-9-13-19(18)21/h6-16H,4-5H2,1-3H3,(H,24,27). The van der Waals surface area contributed by atoms with Gasteiger partial charge in [0.2, 0.25) is 0 Å². The number of hydrogen-bond donors (Lipinski definition) is 1. The van der Waals surface area contributed by atoms with E-state index in [1.165, 1.54) is 0 Å². The molecular formula is C23H25N3O2. The van der Waals surface area contributed by atoms with Gasteiger partial charge in [-0.25, -0.2) is 0 Å². The summed E-state index contributed by atoms with van der Waals surface area (Å²) < 4.78 is 2.01. The average Bonchev–Trinajstić information content (AvgIpc) is 3.04. The summed E-state index contributed by atoms with van der Waals surface area (Å²) >= 11 is 0. The van der Waals surface area contributed by atoms with Crippen molar-refractivity contribution in [3.05, 3.63) is 77.6 Å². The molecule has 0 unspecified atom stereocenters. The van der Waals surface area contributed by atoms with Crippen LogP contribution in [0.15, 0.2) is 66.5 Å². The predicted molar refractivity (Wildman–Crippen MR) is 113 cm³/mol. The number of fused-ring (bicyclic) bond motifs is 1. The van der Waals surface area contributed by atoms with Crippen LogP contribution in [0.2, 0.25) is 0 Å². The average molecular weight is 375 g/mol. The topological polar surface area (TPSA) is 54.3 Å². The molecule has 1 N–H and O–H groups in total. The second-order valence-corrected chi connectivity index (χ2v) is 6.57. The monoisotopic (exact) mass is 375 g/mol. The van der Waals surface area contributed by atoms with Crippen molar-refractivity contribution in [1.29, 1.82) is 0 Å². The van der Waals surface area contributed by atoms with Crippen molar-refractivity contribution < 1.29 is 9.59 Å². The molecule has 0 atom stereocenters. The number of rotatable bonds is 6. The van der Waals surface area contributed by atoms with Gasteiger partial charge in [-0.1, -0.05) is 36.4 Å². The first-order valence-electron chi connectivity index (χ1n) is 9.46. The zero-order valence-electron chi connectivity index (χ0n) is 16.5. The minimum atomic E-state index is -0.299. The van der Waals surface area contributed by atoms with Gasteiger partial charge in [0, 0.05) is 48.4 Å². The molecule has 3 aromatic rings. The first-order valence-corrected chi connectivity index (χ1v) is 9.46. The number of aromatic nitrogens is 1. The summed E-state index contributed by atoms with van der Waals surface area (Å²) in [5.41, 5.74) is 2.74. The molecule has 28 heavy (non-hydrogen) atoms. The van der Waals surface area contributed by atoms with Crippen LogP contribution in [0.3, 0.4) is 0 Å². The molecule has 0 aliphatic carbocycles. The third kappa shape index (κ3) is 3.98. The van der Waals surface area contributed by atoms with Gasteiger partial charge in [0.1, 0.15) is 5.70 Å². The molecule has 0 saturated heterocycles. The summed E-state index contributed by atoms with van der Waals surface area (Å²) in [5.74, 6) is -0.491. The maximum atomic E-state index is 13.1. The Morgan fingerprint density at radius 2 is 1.64 bits per heavy atom. The maximum Gasteiger partial charge on any atom is 0.270 e. The van der Waals surface area contributed by atoms with Gasteiger partial charge in [-0.15, -0.1) is 0 Å². The molecule has 5 heteroatoms. The number of para-hydroxylation sites is 1. The Labute approximate surface area is 165 Å². The summed E-state index contributed by atoms with van der Waals surface area (Å²) in [6.45, 7) is 5.00. The second kappa shape index (κ2) is 8.57. The zero-order chi connectivity index (χ0) is 20.1. The lowest BCUT2D eigenvalue weighted by Gasteiger charge is -2.21. The van der Waals surface area contributed by atoms with E-state index in [1.54, 1.807) is 35.2 Å². The van der Waals surface area contributed by atoms with Crippen molar-refractivity contribution in [2.45, 2.75) is 13.8 Å². The van der Waals surface area contributed by atoms with Crippen molar-refractivity contribution in [3.63, 3.8) is 0 Å². The fourth-order valence-corrected chi connectivity index (χ4v) is 3.26. The molecule has 5 nitrogen and oxygen atoms in total. The van der Waals surface area contributed by atoms with E-state index >= 15 is 0 Å². The highest BCUT2D eigenvalue weighted by Gasteiger charge is 2.19. The third-order valence-corrected chi connectivity index (χ3v) is 4.79. The molecule has 2 amide bonds. The second-order valence-electron chi connectivity index (χ2n) is 6.57. The number of aryl methyl sites for hydroxylation is 1. The number of carbonyl (C=O) groups is 2. The highest BCUT2D eigenvalue weighted by molar-refractivity contribution is 6.06. The first-order chi connectivity index (χ1) is 13.5. The van der Waals surface area contributed by atoms with Gasteiger partial charge < -0.3 is 14.8 Å². The zero-order valence-corrected chi connectivity index (χ0v) is 16.5. The van der Waals surface area contributed by atoms with Gasteiger partial charge in [0.05, 0.1) is 0 Å². The third-order valence-electron chi connectivity index (χ3n) is 4.79. The Hall–Kier alpha value is -3.34. The van der Waals surface area contributed by atoms with Crippen LogP contribution in [0.1, 0.15) is 29.8 Å². The van der Waals surface area contributed by atoms with E-state index in [0.717, 1.165) is 16.5 Å². The lowest BCUT2D eigenvalue weighted by Crippen LogP contribution is -2.38. The number of nitrogens with zero attached hydrogens (tertiary/aromatic N) is 2. The Balaban J connectivity index is 2.03. The Morgan fingerprint density at radius 3 is 2.32 bits per heavy atom. The highest BCUT2D eigenvalue weighted by Crippen LogP contribution is 2.22. The molecule has 3 rings (SSSR count). The van der Waals surface area contributed by atoms with Crippen molar-refractivity contribution >= 4 is 28.8 Å². The van der Waals surface area contributed by atoms with Crippen LogP contribution < -0.4 is 5.32 Å². The summed E-state index contributed by atoms with van der Waals surface area (Å²) in [6.07, 6.45) is 3.73. The van der Waals surface area contributed by atoms with E-state index in [2.05, 4.69) is 5.32 Å². The van der Waals surface area contributed by atoms with Gasteiger partial charge in [-0.05, 0) is 38.1 Å². The molecule has 0 saturated carbocycles. The van der Waals surface area contributed by atoms with Crippen molar-refractivity contribution in [1.82, 2.24) is 14.8 Å². The molecule has 0 radical (unpaired) electrons. The number of hydrogen-bond acceptors (Lipinski definition) is 2. The van der Waals surface area contributed by atoms with E-state index < -0.39 is 0 Å². The van der Waals surface area contributed by atoms with E-state index in [9.17, 15) is 9.59 Å². The smallest absolute Gasteiger partial charge is 0.270 e. The lowest BCUT2D eigenvalue weighted by molar-refractivity contribution is -0.127. The minimum Gasteiger partial charge on any atom is -0.350 e. The highest BCUT2D eigenvalue weighted by atomic mass is 16.2. The minimum absolute atomic E-state index is 0.192. The molecule has 1 heterocycles. The van der Waals surface area contributed by atoms with E-state index in [1.807, 2.05) is 62.0 Å². The van der Waals surface area contributed by atoms with Crippen LogP contribution >= 0.6 is 0 Å². The summed E-state index contributed by atoms with van der Waals surface area (Å²) in [5, 5.41) is 3.86. The fraction of sp³-hybridized carbons (Fsp3) is 0.217. The van der Waals surface area contributed by atoms with Crippen LogP contribution in [0, 0.1) is 0 Å². The largest absolute Gasteiger partial charge is 0.350 e. The summed E-state index contributed by atoms with van der Waals surface area (Å²) in [4.78, 5) is 27.4. The molecule has 1 aromatic heterocycles. The summed E-state index contributed by atoms with van der Waals surface area (Å²) in [6, 6.07) is 16.9. The molecule has 0 aliphatic rings. The van der Waals surface area contributed by atoms with E-state index in [0.29, 0.717) is 18.7 Å².